The van der Waals surface area contributed by atoms with Crippen molar-refractivity contribution in [1.82, 2.24) is 9.97 Å². The van der Waals surface area contributed by atoms with Gasteiger partial charge in [-0.15, -0.1) is 0 Å². The minimum atomic E-state index is -0.927. The molecule has 0 fully saturated rings. The summed E-state index contributed by atoms with van der Waals surface area (Å²) in [4.78, 5) is 8.52. The largest absolute Gasteiger partial charge is 0.228 e. The average molecular weight is 303 g/mol. The predicted molar refractivity (Wildman–Crippen MR) is 77.8 cm³/mol. The first-order valence-corrected chi connectivity index (χ1v) is 6.57. The van der Waals surface area contributed by atoms with Crippen LogP contribution >= 0.6 is 11.6 Å². The molecule has 5 heteroatoms. The third-order valence-corrected chi connectivity index (χ3v) is 3.14. The van der Waals surface area contributed by atoms with Gasteiger partial charge in [0.1, 0.15) is 5.15 Å². The molecule has 0 aliphatic rings. The van der Waals surface area contributed by atoms with Crippen LogP contribution in [0.1, 0.15) is 0 Å². The Morgan fingerprint density at radius 1 is 0.762 bits per heavy atom. The van der Waals surface area contributed by atoms with Crippen LogP contribution in [0.5, 0.6) is 0 Å². The van der Waals surface area contributed by atoms with E-state index in [-0.39, 0.29) is 5.15 Å². The molecule has 0 saturated heterocycles. The summed E-state index contributed by atoms with van der Waals surface area (Å²) in [7, 11) is 0. The zero-order valence-corrected chi connectivity index (χ0v) is 11.5. The fourth-order valence-corrected chi connectivity index (χ4v) is 2.12. The summed E-state index contributed by atoms with van der Waals surface area (Å²) in [5.41, 5.74) is 1.67. The molecule has 0 saturated carbocycles. The Labute approximate surface area is 125 Å². The fourth-order valence-electron chi connectivity index (χ4n) is 1.94. The minimum absolute atomic E-state index is 0.239. The van der Waals surface area contributed by atoms with Crippen LogP contribution < -0.4 is 0 Å². The van der Waals surface area contributed by atoms with Crippen LogP contribution in [0.4, 0.5) is 8.78 Å². The zero-order valence-electron chi connectivity index (χ0n) is 10.7. The number of hydrogen-bond acceptors (Lipinski definition) is 2. The Bertz CT molecular complexity index is 792. The highest BCUT2D eigenvalue weighted by Crippen LogP contribution is 2.25. The first kappa shape index (κ1) is 13.6. The van der Waals surface area contributed by atoms with Crippen molar-refractivity contribution < 1.29 is 8.78 Å². The second-order valence-corrected chi connectivity index (χ2v) is 4.78. The van der Waals surface area contributed by atoms with Gasteiger partial charge >= 0.3 is 0 Å². The molecule has 0 spiro atoms. The van der Waals surface area contributed by atoms with E-state index in [9.17, 15) is 8.78 Å². The molecule has 0 atom stereocenters. The Hall–Kier alpha value is -2.33. The maximum atomic E-state index is 13.3. The molecule has 0 aliphatic heterocycles. The van der Waals surface area contributed by atoms with Crippen molar-refractivity contribution in [3.63, 3.8) is 0 Å². The van der Waals surface area contributed by atoms with Crippen LogP contribution in [-0.2, 0) is 0 Å². The quantitative estimate of drug-likeness (QED) is 0.639. The molecule has 2 nitrogen and oxygen atoms in total. The van der Waals surface area contributed by atoms with E-state index in [2.05, 4.69) is 9.97 Å². The number of rotatable bonds is 2. The van der Waals surface area contributed by atoms with Crippen molar-refractivity contribution in [2.24, 2.45) is 0 Å². The summed E-state index contributed by atoms with van der Waals surface area (Å²) >= 11 is 6.00. The summed E-state index contributed by atoms with van der Waals surface area (Å²) in [6, 6.07) is 14.4. The molecule has 0 N–H and O–H groups in total. The highest BCUT2D eigenvalue weighted by molar-refractivity contribution is 6.29. The van der Waals surface area contributed by atoms with E-state index in [0.717, 1.165) is 17.7 Å². The van der Waals surface area contributed by atoms with Gasteiger partial charge in [-0.05, 0) is 18.2 Å². The Morgan fingerprint density at radius 2 is 1.52 bits per heavy atom. The molecule has 3 aromatic rings. The molecule has 0 amide bonds. The van der Waals surface area contributed by atoms with Crippen molar-refractivity contribution in [3.8, 4) is 22.6 Å². The van der Waals surface area contributed by atoms with E-state index in [1.54, 1.807) is 0 Å². The summed E-state index contributed by atoms with van der Waals surface area (Å²) < 4.78 is 26.3. The van der Waals surface area contributed by atoms with E-state index < -0.39 is 11.6 Å². The van der Waals surface area contributed by atoms with Gasteiger partial charge in [0, 0.05) is 17.2 Å². The van der Waals surface area contributed by atoms with Crippen LogP contribution in [0.2, 0.25) is 5.15 Å². The van der Waals surface area contributed by atoms with Crippen molar-refractivity contribution >= 4 is 11.6 Å². The second kappa shape index (κ2) is 5.58. The van der Waals surface area contributed by atoms with Gasteiger partial charge in [0.15, 0.2) is 17.5 Å². The smallest absolute Gasteiger partial charge is 0.161 e. The van der Waals surface area contributed by atoms with Crippen LogP contribution in [0.15, 0.2) is 54.6 Å². The fraction of sp³-hybridized carbons (Fsp3) is 0. The molecule has 0 radical (unpaired) electrons. The lowest BCUT2D eigenvalue weighted by atomic mass is 10.1. The predicted octanol–water partition coefficient (Wildman–Crippen LogP) is 4.74. The van der Waals surface area contributed by atoms with E-state index >= 15 is 0 Å². The highest BCUT2D eigenvalue weighted by atomic mass is 35.5. The molecule has 104 valence electrons. The molecule has 1 heterocycles. The van der Waals surface area contributed by atoms with Gasteiger partial charge in [0.05, 0.1) is 5.69 Å². The van der Waals surface area contributed by atoms with Gasteiger partial charge in [0.25, 0.3) is 0 Å². The third kappa shape index (κ3) is 2.90. The zero-order chi connectivity index (χ0) is 14.8. The third-order valence-electron chi connectivity index (χ3n) is 2.94. The maximum absolute atomic E-state index is 13.3. The first-order valence-electron chi connectivity index (χ1n) is 6.19. The number of nitrogens with zero attached hydrogens (tertiary/aromatic N) is 2. The standard InChI is InChI=1S/C16H9ClF2N2/c17-15-9-14(11-6-7-12(18)13(19)8-11)20-16(21-15)10-4-2-1-3-5-10/h1-9H. The van der Waals surface area contributed by atoms with Crippen LogP contribution in [0.3, 0.4) is 0 Å². The molecule has 0 bridgehead atoms. The molecule has 2 aromatic carbocycles. The molecule has 0 unspecified atom stereocenters. The van der Waals surface area contributed by atoms with Gasteiger partial charge in [-0.25, -0.2) is 18.7 Å². The summed E-state index contributed by atoms with van der Waals surface area (Å²) in [5, 5.41) is 0.239. The Balaban J connectivity index is 2.11. The van der Waals surface area contributed by atoms with Crippen LogP contribution in [0, 0.1) is 11.6 Å². The molecule has 0 aliphatic carbocycles. The van der Waals surface area contributed by atoms with Gasteiger partial charge in [0.2, 0.25) is 0 Å². The topological polar surface area (TPSA) is 25.8 Å². The molecular formula is C16H9ClF2N2. The second-order valence-electron chi connectivity index (χ2n) is 4.39. The van der Waals surface area contributed by atoms with E-state index in [0.29, 0.717) is 17.1 Å². The monoisotopic (exact) mass is 302 g/mol. The van der Waals surface area contributed by atoms with Gasteiger partial charge in [-0.1, -0.05) is 41.9 Å². The van der Waals surface area contributed by atoms with Crippen LogP contribution in [0.25, 0.3) is 22.6 Å². The van der Waals surface area contributed by atoms with Crippen LogP contribution in [-0.4, -0.2) is 9.97 Å². The molecule has 1 aromatic heterocycles. The average Bonchev–Trinajstić information content (AvgIpc) is 2.50. The molecule has 21 heavy (non-hydrogen) atoms. The first-order chi connectivity index (χ1) is 10.1. The van der Waals surface area contributed by atoms with Crippen molar-refractivity contribution in [2.75, 3.05) is 0 Å². The summed E-state index contributed by atoms with van der Waals surface area (Å²) in [6.45, 7) is 0. The number of aromatic nitrogens is 2. The van der Waals surface area contributed by atoms with Gasteiger partial charge in [-0.3, -0.25) is 0 Å². The molecule has 3 rings (SSSR count). The van der Waals surface area contributed by atoms with Gasteiger partial charge < -0.3 is 0 Å². The Kier molecular flexibility index (Phi) is 3.62. The van der Waals surface area contributed by atoms with Crippen molar-refractivity contribution in [2.45, 2.75) is 0 Å². The highest BCUT2D eigenvalue weighted by Gasteiger charge is 2.10. The SMILES string of the molecule is Fc1ccc(-c2cc(Cl)nc(-c3ccccc3)n2)cc1F. The van der Waals surface area contributed by atoms with E-state index in [1.807, 2.05) is 30.3 Å². The molecular weight excluding hydrogens is 294 g/mol. The maximum Gasteiger partial charge on any atom is 0.161 e. The number of hydrogen-bond donors (Lipinski definition) is 0. The summed E-state index contributed by atoms with van der Waals surface area (Å²) in [5.74, 6) is -1.39. The van der Waals surface area contributed by atoms with Gasteiger partial charge in [-0.2, -0.15) is 0 Å². The van der Waals surface area contributed by atoms with E-state index in [4.69, 9.17) is 11.6 Å². The lowest BCUT2D eigenvalue weighted by Crippen LogP contribution is -1.94. The lowest BCUT2D eigenvalue weighted by molar-refractivity contribution is 0.509. The van der Waals surface area contributed by atoms with Crippen molar-refractivity contribution in [1.29, 1.82) is 0 Å². The summed E-state index contributed by atoms with van der Waals surface area (Å²) in [6.07, 6.45) is 0. The van der Waals surface area contributed by atoms with Crippen molar-refractivity contribution in [3.05, 3.63) is 71.4 Å². The number of benzene rings is 2. The number of halogens is 3. The Morgan fingerprint density at radius 3 is 2.24 bits per heavy atom. The minimum Gasteiger partial charge on any atom is -0.228 e. The normalized spacial score (nSPS) is 10.6. The lowest BCUT2D eigenvalue weighted by Gasteiger charge is -2.06. The van der Waals surface area contributed by atoms with E-state index in [1.165, 1.54) is 12.1 Å².